The number of amides is 2. The number of thioether (sulfide) groups is 1. The van der Waals surface area contributed by atoms with Gasteiger partial charge >= 0.3 is 0 Å². The number of benzene rings is 1. The molecule has 0 atom stereocenters. The quantitative estimate of drug-likeness (QED) is 0.443. The maximum absolute atomic E-state index is 12.8. The van der Waals surface area contributed by atoms with Crippen LogP contribution in [0.1, 0.15) is 33.6 Å². The Hall–Kier alpha value is -2.94. The second-order valence-electron chi connectivity index (χ2n) is 6.81. The topological polar surface area (TPSA) is 105 Å². The van der Waals surface area contributed by atoms with Crippen molar-refractivity contribution in [1.82, 2.24) is 15.2 Å². The molecule has 0 radical (unpaired) electrons. The van der Waals surface area contributed by atoms with Crippen molar-refractivity contribution in [1.29, 1.82) is 0 Å². The lowest BCUT2D eigenvalue weighted by atomic mass is 9.96. The van der Waals surface area contributed by atoms with Crippen LogP contribution in [0, 0.1) is 16.0 Å². The van der Waals surface area contributed by atoms with Crippen molar-refractivity contribution in [3.8, 4) is 0 Å². The van der Waals surface area contributed by atoms with E-state index in [0.717, 1.165) is 17.9 Å². The van der Waals surface area contributed by atoms with E-state index in [9.17, 15) is 19.7 Å². The van der Waals surface area contributed by atoms with E-state index in [1.807, 2.05) is 11.2 Å². The van der Waals surface area contributed by atoms with Gasteiger partial charge in [0.15, 0.2) is 0 Å². The smallest absolute Gasteiger partial charge is 0.270 e. The third-order valence-electron chi connectivity index (χ3n) is 4.97. The minimum absolute atomic E-state index is 0.0125. The summed E-state index contributed by atoms with van der Waals surface area (Å²) in [5, 5.41) is 14.4. The molecule has 8 nitrogen and oxygen atoms in total. The molecular weight excluding hydrogens is 392 g/mol. The van der Waals surface area contributed by atoms with Crippen molar-refractivity contribution in [3.05, 3.63) is 63.8 Å². The molecule has 29 heavy (non-hydrogen) atoms. The summed E-state index contributed by atoms with van der Waals surface area (Å²) in [4.78, 5) is 41.5. The van der Waals surface area contributed by atoms with Crippen LogP contribution in [-0.4, -0.2) is 52.5 Å². The summed E-state index contributed by atoms with van der Waals surface area (Å²) in [5.74, 6) is -0.0793. The molecule has 3 rings (SSSR count). The zero-order chi connectivity index (χ0) is 20.8. The van der Waals surface area contributed by atoms with Crippen LogP contribution in [0.15, 0.2) is 47.6 Å². The molecule has 1 N–H and O–H groups in total. The molecule has 9 heteroatoms. The van der Waals surface area contributed by atoms with Gasteiger partial charge in [-0.05, 0) is 43.2 Å². The summed E-state index contributed by atoms with van der Waals surface area (Å²) < 4.78 is 0. The van der Waals surface area contributed by atoms with E-state index in [1.54, 1.807) is 24.4 Å². The zero-order valence-electron chi connectivity index (χ0n) is 16.0. The lowest BCUT2D eigenvalue weighted by Crippen LogP contribution is -2.41. The van der Waals surface area contributed by atoms with Crippen LogP contribution in [-0.2, 0) is 0 Å². The van der Waals surface area contributed by atoms with Gasteiger partial charge in [-0.25, -0.2) is 4.98 Å². The van der Waals surface area contributed by atoms with Crippen molar-refractivity contribution >= 4 is 29.3 Å². The largest absolute Gasteiger partial charge is 0.352 e. The second kappa shape index (κ2) is 9.51. The molecule has 0 aliphatic carbocycles. The molecule has 1 fully saturated rings. The normalized spacial score (nSPS) is 14.4. The second-order valence-corrected chi connectivity index (χ2v) is 7.61. The van der Waals surface area contributed by atoms with E-state index in [2.05, 4.69) is 10.3 Å². The van der Waals surface area contributed by atoms with Gasteiger partial charge in [-0.3, -0.25) is 19.7 Å². The maximum Gasteiger partial charge on any atom is 0.270 e. The molecule has 0 saturated carbocycles. The number of rotatable bonds is 6. The highest BCUT2D eigenvalue weighted by atomic mass is 32.2. The van der Waals surface area contributed by atoms with Crippen LogP contribution in [0.3, 0.4) is 0 Å². The first kappa shape index (κ1) is 20.8. The number of carbonyl (C=O) groups excluding carboxylic acids is 2. The van der Waals surface area contributed by atoms with Gasteiger partial charge in [0, 0.05) is 43.5 Å². The van der Waals surface area contributed by atoms with E-state index in [0.29, 0.717) is 25.2 Å². The Morgan fingerprint density at radius 2 is 2.03 bits per heavy atom. The summed E-state index contributed by atoms with van der Waals surface area (Å²) in [6, 6.07) is 9.25. The van der Waals surface area contributed by atoms with Gasteiger partial charge in [0.2, 0.25) is 0 Å². The number of pyridine rings is 1. The van der Waals surface area contributed by atoms with Crippen LogP contribution < -0.4 is 5.32 Å². The average molecular weight is 414 g/mol. The lowest BCUT2D eigenvalue weighted by Gasteiger charge is -2.32. The molecule has 2 amide bonds. The van der Waals surface area contributed by atoms with Crippen LogP contribution in [0.25, 0.3) is 0 Å². The predicted molar refractivity (Wildman–Crippen MR) is 110 cm³/mol. The number of piperidine rings is 1. The van der Waals surface area contributed by atoms with Crippen LogP contribution in [0.4, 0.5) is 5.69 Å². The molecule has 0 unspecified atom stereocenters. The highest BCUT2D eigenvalue weighted by Gasteiger charge is 2.25. The van der Waals surface area contributed by atoms with E-state index in [4.69, 9.17) is 0 Å². The summed E-state index contributed by atoms with van der Waals surface area (Å²) >= 11 is 1.45. The number of non-ortho nitro benzene ring substituents is 1. The molecule has 0 bridgehead atoms. The molecular formula is C20H22N4O4S. The average Bonchev–Trinajstić information content (AvgIpc) is 2.77. The van der Waals surface area contributed by atoms with Gasteiger partial charge in [-0.1, -0.05) is 6.07 Å². The molecule has 2 aromatic rings. The Labute approximate surface area is 172 Å². The van der Waals surface area contributed by atoms with Crippen molar-refractivity contribution in [2.24, 2.45) is 5.92 Å². The Morgan fingerprint density at radius 1 is 1.28 bits per heavy atom. The first-order chi connectivity index (χ1) is 14.0. The first-order valence-corrected chi connectivity index (χ1v) is 10.5. The Morgan fingerprint density at radius 3 is 2.72 bits per heavy atom. The molecule has 1 aliphatic heterocycles. The summed E-state index contributed by atoms with van der Waals surface area (Å²) in [6.07, 6.45) is 5.15. The Bertz CT molecular complexity index is 913. The number of aromatic nitrogens is 1. The minimum Gasteiger partial charge on any atom is -0.352 e. The third kappa shape index (κ3) is 5.11. The number of carbonyl (C=O) groups is 2. The van der Waals surface area contributed by atoms with Gasteiger partial charge < -0.3 is 10.2 Å². The van der Waals surface area contributed by atoms with Crippen LogP contribution >= 0.6 is 11.8 Å². The van der Waals surface area contributed by atoms with Crippen LogP contribution in [0.2, 0.25) is 0 Å². The molecule has 0 spiro atoms. The number of hydrogen-bond acceptors (Lipinski definition) is 6. The Balaban J connectivity index is 1.51. The van der Waals surface area contributed by atoms with Gasteiger partial charge in [-0.2, -0.15) is 0 Å². The summed E-state index contributed by atoms with van der Waals surface area (Å²) in [6.45, 7) is 1.73. The van der Waals surface area contributed by atoms with Gasteiger partial charge in [0.1, 0.15) is 5.03 Å². The highest BCUT2D eigenvalue weighted by molar-refractivity contribution is 7.98. The van der Waals surface area contributed by atoms with E-state index in [-0.39, 0.29) is 29.0 Å². The minimum atomic E-state index is -0.520. The summed E-state index contributed by atoms with van der Waals surface area (Å²) in [5.41, 5.74) is 0.787. The van der Waals surface area contributed by atoms with Crippen molar-refractivity contribution < 1.29 is 14.5 Å². The number of nitro groups is 1. The van der Waals surface area contributed by atoms with Crippen LogP contribution in [0.5, 0.6) is 0 Å². The fraction of sp³-hybridized carbons (Fsp3) is 0.350. The summed E-state index contributed by atoms with van der Waals surface area (Å²) in [7, 11) is 0. The van der Waals surface area contributed by atoms with E-state index < -0.39 is 4.92 Å². The number of nitrogens with zero attached hydrogens (tertiary/aromatic N) is 3. The monoisotopic (exact) mass is 414 g/mol. The van der Waals surface area contributed by atoms with Gasteiger partial charge in [0.25, 0.3) is 17.5 Å². The molecule has 152 valence electrons. The van der Waals surface area contributed by atoms with E-state index in [1.165, 1.54) is 30.0 Å². The fourth-order valence-electron chi connectivity index (χ4n) is 3.33. The van der Waals surface area contributed by atoms with Crippen molar-refractivity contribution in [2.45, 2.75) is 17.9 Å². The standard InChI is InChI=1S/C20H22N4O4S/c1-29-19-17(6-3-9-21-19)20(26)23-10-7-14(8-11-23)13-22-18(25)15-4-2-5-16(12-15)24(27)28/h2-6,9,12,14H,7-8,10-11,13H2,1H3,(H,22,25). The fourth-order valence-corrected chi connectivity index (χ4v) is 3.87. The van der Waals surface area contributed by atoms with Crippen molar-refractivity contribution in [2.75, 3.05) is 25.9 Å². The molecule has 1 aliphatic rings. The molecule has 1 saturated heterocycles. The first-order valence-electron chi connectivity index (χ1n) is 9.30. The molecule has 2 heterocycles. The SMILES string of the molecule is CSc1ncccc1C(=O)N1CCC(CNC(=O)c2cccc([N+](=O)[O-])c2)CC1. The van der Waals surface area contributed by atoms with Gasteiger partial charge in [-0.15, -0.1) is 11.8 Å². The molecule has 1 aromatic carbocycles. The third-order valence-corrected chi connectivity index (χ3v) is 5.68. The molecule has 1 aromatic heterocycles. The number of hydrogen-bond donors (Lipinski definition) is 1. The number of likely N-dealkylation sites (tertiary alicyclic amines) is 1. The predicted octanol–water partition coefficient (Wildman–Crippen LogP) is 2.99. The highest BCUT2D eigenvalue weighted by Crippen LogP contribution is 2.23. The zero-order valence-corrected chi connectivity index (χ0v) is 16.9. The van der Waals surface area contributed by atoms with E-state index >= 15 is 0 Å². The number of nitro benzene ring substituents is 1. The maximum atomic E-state index is 12.8. The van der Waals surface area contributed by atoms with Crippen molar-refractivity contribution in [3.63, 3.8) is 0 Å². The number of nitrogens with one attached hydrogen (secondary N) is 1. The Kier molecular flexibility index (Phi) is 6.82. The van der Waals surface area contributed by atoms with Gasteiger partial charge in [0.05, 0.1) is 10.5 Å². The lowest BCUT2D eigenvalue weighted by molar-refractivity contribution is -0.384.